The summed E-state index contributed by atoms with van der Waals surface area (Å²) in [6.07, 6.45) is -0.777. The second-order valence-corrected chi connectivity index (χ2v) is 5.63. The second-order valence-electron chi connectivity index (χ2n) is 5.63. The van der Waals surface area contributed by atoms with Crippen LogP contribution in [0.15, 0.2) is 0 Å². The van der Waals surface area contributed by atoms with Gasteiger partial charge in [0.05, 0.1) is 6.04 Å². The van der Waals surface area contributed by atoms with Gasteiger partial charge in [-0.25, -0.2) is 9.59 Å². The molecule has 1 saturated heterocycles. The van der Waals surface area contributed by atoms with E-state index in [9.17, 15) is 9.59 Å². The van der Waals surface area contributed by atoms with Crippen LogP contribution >= 0.6 is 0 Å². The molecule has 0 saturated carbocycles. The SMILES string of the molecule is CC(C)(C)OC(=O)N(CCN)C1CCN(C(=O)O)C1. The van der Waals surface area contributed by atoms with Crippen LogP contribution in [0.25, 0.3) is 0 Å². The molecule has 0 bridgehead atoms. The van der Waals surface area contributed by atoms with E-state index in [0.29, 0.717) is 32.6 Å². The lowest BCUT2D eigenvalue weighted by atomic mass is 10.2. The molecule has 2 amide bonds. The van der Waals surface area contributed by atoms with Crippen LogP contribution in [0.1, 0.15) is 27.2 Å². The standard InChI is InChI=1S/C12H23N3O4/c1-12(2,3)19-11(18)15(7-5-13)9-4-6-14(8-9)10(16)17/h9H,4-8,13H2,1-3H3,(H,16,17). The Bertz CT molecular complexity index is 340. The molecule has 0 radical (unpaired) electrons. The maximum atomic E-state index is 12.1. The Labute approximate surface area is 113 Å². The Morgan fingerprint density at radius 3 is 2.53 bits per heavy atom. The number of carbonyl (C=O) groups is 2. The normalized spacial score (nSPS) is 19.4. The van der Waals surface area contributed by atoms with Gasteiger partial charge in [0.2, 0.25) is 0 Å². The highest BCUT2D eigenvalue weighted by Crippen LogP contribution is 2.18. The molecule has 0 aromatic rings. The molecule has 1 aliphatic rings. The van der Waals surface area contributed by atoms with Gasteiger partial charge >= 0.3 is 12.2 Å². The highest BCUT2D eigenvalue weighted by molar-refractivity contribution is 5.69. The Morgan fingerprint density at radius 2 is 2.11 bits per heavy atom. The first-order chi connectivity index (χ1) is 8.74. The van der Waals surface area contributed by atoms with Crippen LogP contribution in [0.3, 0.4) is 0 Å². The number of carbonyl (C=O) groups excluding carboxylic acids is 1. The number of nitrogens with two attached hydrogens (primary N) is 1. The van der Waals surface area contributed by atoms with Crippen LogP contribution in [-0.2, 0) is 4.74 Å². The van der Waals surface area contributed by atoms with E-state index in [-0.39, 0.29) is 6.04 Å². The smallest absolute Gasteiger partial charge is 0.410 e. The Hall–Kier alpha value is -1.50. The van der Waals surface area contributed by atoms with E-state index >= 15 is 0 Å². The van der Waals surface area contributed by atoms with Crippen LogP contribution in [-0.4, -0.2) is 64.9 Å². The minimum Gasteiger partial charge on any atom is -0.465 e. The zero-order valence-corrected chi connectivity index (χ0v) is 11.8. The summed E-state index contributed by atoms with van der Waals surface area (Å²) >= 11 is 0. The summed E-state index contributed by atoms with van der Waals surface area (Å²) in [5.74, 6) is 0. The van der Waals surface area contributed by atoms with Gasteiger partial charge in [0.25, 0.3) is 0 Å². The van der Waals surface area contributed by atoms with Crippen LogP contribution in [0.4, 0.5) is 9.59 Å². The number of carboxylic acid groups (broad SMARTS) is 1. The number of nitrogens with zero attached hydrogens (tertiary/aromatic N) is 2. The number of likely N-dealkylation sites (tertiary alicyclic amines) is 1. The Balaban J connectivity index is 2.68. The molecule has 7 nitrogen and oxygen atoms in total. The van der Waals surface area contributed by atoms with E-state index in [1.54, 1.807) is 20.8 Å². The van der Waals surface area contributed by atoms with E-state index in [1.165, 1.54) is 9.80 Å². The molecule has 7 heteroatoms. The summed E-state index contributed by atoms with van der Waals surface area (Å²) in [5.41, 5.74) is 4.94. The van der Waals surface area contributed by atoms with Crippen LogP contribution in [0.2, 0.25) is 0 Å². The lowest BCUT2D eigenvalue weighted by Crippen LogP contribution is -2.47. The topological polar surface area (TPSA) is 96.1 Å². The van der Waals surface area contributed by atoms with Gasteiger partial charge in [-0.3, -0.25) is 0 Å². The predicted molar refractivity (Wildman–Crippen MR) is 70.0 cm³/mol. The molecule has 1 rings (SSSR count). The summed E-state index contributed by atoms with van der Waals surface area (Å²) in [7, 11) is 0. The van der Waals surface area contributed by atoms with E-state index in [1.807, 2.05) is 0 Å². The molecule has 1 aliphatic heterocycles. The predicted octanol–water partition coefficient (Wildman–Crippen LogP) is 0.935. The molecule has 1 atom stereocenters. The average molecular weight is 273 g/mol. The number of hydrogen-bond acceptors (Lipinski definition) is 4. The summed E-state index contributed by atoms with van der Waals surface area (Å²) in [5, 5.41) is 8.93. The first-order valence-electron chi connectivity index (χ1n) is 6.42. The van der Waals surface area contributed by atoms with E-state index in [0.717, 1.165) is 0 Å². The molecule has 1 fully saturated rings. The zero-order chi connectivity index (χ0) is 14.6. The third-order valence-electron chi connectivity index (χ3n) is 2.87. The fraction of sp³-hybridized carbons (Fsp3) is 0.833. The lowest BCUT2D eigenvalue weighted by molar-refractivity contribution is 0.0174. The van der Waals surface area contributed by atoms with E-state index < -0.39 is 17.8 Å². The number of amides is 2. The van der Waals surface area contributed by atoms with Gasteiger partial charge < -0.3 is 25.4 Å². The molecule has 1 unspecified atom stereocenters. The summed E-state index contributed by atoms with van der Waals surface area (Å²) in [4.78, 5) is 25.8. The van der Waals surface area contributed by atoms with Crippen LogP contribution in [0.5, 0.6) is 0 Å². The number of ether oxygens (including phenoxy) is 1. The van der Waals surface area contributed by atoms with Gasteiger partial charge in [0.15, 0.2) is 0 Å². The van der Waals surface area contributed by atoms with Crippen molar-refractivity contribution in [2.75, 3.05) is 26.2 Å². The molecule has 19 heavy (non-hydrogen) atoms. The maximum Gasteiger partial charge on any atom is 0.410 e. The van der Waals surface area contributed by atoms with Crippen molar-refractivity contribution in [3.05, 3.63) is 0 Å². The number of hydrogen-bond donors (Lipinski definition) is 2. The summed E-state index contributed by atoms with van der Waals surface area (Å²) < 4.78 is 5.33. The van der Waals surface area contributed by atoms with Crippen molar-refractivity contribution < 1.29 is 19.4 Å². The Kier molecular flexibility index (Phi) is 4.99. The molecule has 1 heterocycles. The quantitative estimate of drug-likeness (QED) is 0.797. The van der Waals surface area contributed by atoms with E-state index in [2.05, 4.69) is 0 Å². The van der Waals surface area contributed by atoms with Crippen LogP contribution < -0.4 is 5.73 Å². The van der Waals surface area contributed by atoms with Crippen molar-refractivity contribution >= 4 is 12.2 Å². The molecular weight excluding hydrogens is 250 g/mol. The Morgan fingerprint density at radius 1 is 1.47 bits per heavy atom. The average Bonchev–Trinajstić information content (AvgIpc) is 2.72. The molecular formula is C12H23N3O4. The summed E-state index contributed by atoms with van der Waals surface area (Å²) in [6.45, 7) is 6.82. The van der Waals surface area contributed by atoms with Gasteiger partial charge in [-0.1, -0.05) is 0 Å². The fourth-order valence-corrected chi connectivity index (χ4v) is 2.05. The van der Waals surface area contributed by atoms with Crippen molar-refractivity contribution in [1.82, 2.24) is 9.80 Å². The van der Waals surface area contributed by atoms with Crippen molar-refractivity contribution in [2.45, 2.75) is 38.8 Å². The molecule has 0 aromatic carbocycles. The molecule has 0 aromatic heterocycles. The summed E-state index contributed by atoms with van der Waals surface area (Å²) in [6, 6.07) is -0.158. The molecule has 110 valence electrons. The van der Waals surface area contributed by atoms with Crippen molar-refractivity contribution in [1.29, 1.82) is 0 Å². The molecule has 0 aliphatic carbocycles. The molecule has 0 spiro atoms. The van der Waals surface area contributed by atoms with Gasteiger partial charge in [0, 0.05) is 26.2 Å². The lowest BCUT2D eigenvalue weighted by Gasteiger charge is -2.31. The number of rotatable bonds is 3. The highest BCUT2D eigenvalue weighted by Gasteiger charge is 2.34. The minimum absolute atomic E-state index is 0.158. The third kappa shape index (κ3) is 4.59. The van der Waals surface area contributed by atoms with Crippen molar-refractivity contribution in [3.8, 4) is 0 Å². The first kappa shape index (κ1) is 15.6. The zero-order valence-electron chi connectivity index (χ0n) is 11.8. The van der Waals surface area contributed by atoms with Gasteiger partial charge in [-0.05, 0) is 27.2 Å². The van der Waals surface area contributed by atoms with Gasteiger partial charge in [0.1, 0.15) is 5.60 Å². The van der Waals surface area contributed by atoms with Crippen molar-refractivity contribution in [2.24, 2.45) is 5.73 Å². The van der Waals surface area contributed by atoms with Gasteiger partial charge in [-0.2, -0.15) is 0 Å². The third-order valence-corrected chi connectivity index (χ3v) is 2.87. The first-order valence-corrected chi connectivity index (χ1v) is 6.42. The minimum atomic E-state index is -0.959. The fourth-order valence-electron chi connectivity index (χ4n) is 2.05. The monoisotopic (exact) mass is 273 g/mol. The largest absolute Gasteiger partial charge is 0.465 e. The van der Waals surface area contributed by atoms with Crippen LogP contribution in [0, 0.1) is 0 Å². The van der Waals surface area contributed by atoms with E-state index in [4.69, 9.17) is 15.6 Å². The van der Waals surface area contributed by atoms with Crippen molar-refractivity contribution in [3.63, 3.8) is 0 Å². The highest BCUT2D eigenvalue weighted by atomic mass is 16.6. The maximum absolute atomic E-state index is 12.1. The second kappa shape index (κ2) is 6.10. The molecule has 3 N–H and O–H groups in total. The van der Waals surface area contributed by atoms with Gasteiger partial charge in [-0.15, -0.1) is 0 Å².